The Bertz CT molecular complexity index is 461. The molecule has 1 unspecified atom stereocenters. The number of fused-ring (bicyclic) bond motifs is 1. The largest absolute Gasteiger partial charge is 0.391 e. The van der Waals surface area contributed by atoms with Gasteiger partial charge in [-0.25, -0.2) is 0 Å². The highest BCUT2D eigenvalue weighted by Gasteiger charge is 2.05. The minimum atomic E-state index is -0.514. The van der Waals surface area contributed by atoms with Gasteiger partial charge in [-0.05, 0) is 12.1 Å². The number of pyridine rings is 1. The Balaban J connectivity index is 0.00000128. The Labute approximate surface area is 106 Å². The summed E-state index contributed by atoms with van der Waals surface area (Å²) in [4.78, 5) is 4.44. The van der Waals surface area contributed by atoms with E-state index in [9.17, 15) is 5.11 Å². The molecule has 4 heteroatoms. The second kappa shape index (κ2) is 6.04. The number of rotatable bonds is 3. The molecule has 1 N–H and O–H groups in total. The molecule has 2 nitrogen and oxygen atoms in total. The molecule has 1 heterocycles. The van der Waals surface area contributed by atoms with Gasteiger partial charge in [0.25, 0.3) is 0 Å². The zero-order chi connectivity index (χ0) is 10.7. The van der Waals surface area contributed by atoms with Crippen molar-refractivity contribution in [3.8, 4) is 0 Å². The molecule has 0 saturated carbocycles. The molecule has 0 bridgehead atoms. The molecule has 0 aliphatic rings. The fourth-order valence-electron chi connectivity index (χ4n) is 1.52. The van der Waals surface area contributed by atoms with Gasteiger partial charge in [0.05, 0.1) is 11.6 Å². The summed E-state index contributed by atoms with van der Waals surface area (Å²) in [6.45, 7) is 0. The number of benzene rings is 1. The van der Waals surface area contributed by atoms with Gasteiger partial charge in [0.1, 0.15) is 0 Å². The van der Waals surface area contributed by atoms with E-state index in [1.165, 1.54) is 0 Å². The topological polar surface area (TPSA) is 33.1 Å². The lowest BCUT2D eigenvalue weighted by molar-refractivity contribution is 0.197. The van der Waals surface area contributed by atoms with Crippen LogP contribution in [0.15, 0.2) is 36.4 Å². The molecule has 0 spiro atoms. The van der Waals surface area contributed by atoms with Gasteiger partial charge < -0.3 is 5.11 Å². The first-order valence-corrected chi connectivity index (χ1v) is 5.42. The third-order valence-corrected chi connectivity index (χ3v) is 2.64. The van der Waals surface area contributed by atoms with E-state index in [0.717, 1.165) is 16.6 Å². The Morgan fingerprint density at radius 1 is 1.19 bits per heavy atom. The van der Waals surface area contributed by atoms with E-state index in [1.54, 1.807) is 0 Å². The molecule has 0 amide bonds. The van der Waals surface area contributed by atoms with E-state index in [4.69, 9.17) is 11.6 Å². The van der Waals surface area contributed by atoms with Crippen LogP contribution in [0.3, 0.4) is 0 Å². The normalized spacial score (nSPS) is 12.1. The lowest BCUT2D eigenvalue weighted by Crippen LogP contribution is -2.12. The zero-order valence-corrected chi connectivity index (χ0v) is 10.2. The van der Waals surface area contributed by atoms with Gasteiger partial charge in [-0.2, -0.15) is 0 Å². The Morgan fingerprint density at radius 3 is 2.69 bits per heavy atom. The van der Waals surface area contributed by atoms with Crippen molar-refractivity contribution < 1.29 is 5.11 Å². The molecule has 86 valence electrons. The average Bonchev–Trinajstić information content (AvgIpc) is 2.29. The predicted molar refractivity (Wildman–Crippen MR) is 69.4 cm³/mol. The van der Waals surface area contributed by atoms with Crippen LogP contribution in [0.1, 0.15) is 5.69 Å². The van der Waals surface area contributed by atoms with E-state index < -0.39 is 6.10 Å². The molecule has 0 radical (unpaired) electrons. The second-order valence-electron chi connectivity index (χ2n) is 3.51. The van der Waals surface area contributed by atoms with Crippen LogP contribution in [-0.2, 0) is 6.42 Å². The highest BCUT2D eigenvalue weighted by atomic mass is 35.5. The summed E-state index contributed by atoms with van der Waals surface area (Å²) in [5.41, 5.74) is 1.83. The van der Waals surface area contributed by atoms with Crippen LogP contribution in [0.5, 0.6) is 0 Å². The van der Waals surface area contributed by atoms with Crippen LogP contribution in [0.25, 0.3) is 10.9 Å². The number of nitrogens with zero attached hydrogens (tertiary/aromatic N) is 1. The van der Waals surface area contributed by atoms with Crippen LogP contribution in [-0.4, -0.2) is 22.1 Å². The van der Waals surface area contributed by atoms with Crippen molar-refractivity contribution in [1.82, 2.24) is 4.98 Å². The molecule has 1 aromatic heterocycles. The maximum Gasteiger partial charge on any atom is 0.0730 e. The summed E-state index contributed by atoms with van der Waals surface area (Å²) in [5.74, 6) is 0.245. The number of halogens is 2. The number of alkyl halides is 1. The summed E-state index contributed by atoms with van der Waals surface area (Å²) in [6, 6.07) is 11.9. The molecule has 2 aromatic rings. The number of hydrogen-bond acceptors (Lipinski definition) is 2. The van der Waals surface area contributed by atoms with Gasteiger partial charge in [-0.15, -0.1) is 24.0 Å². The Morgan fingerprint density at radius 2 is 1.94 bits per heavy atom. The van der Waals surface area contributed by atoms with Gasteiger partial charge in [-0.3, -0.25) is 4.98 Å². The summed E-state index contributed by atoms with van der Waals surface area (Å²) in [6.07, 6.45) is -0.00532. The second-order valence-corrected chi connectivity index (χ2v) is 3.82. The van der Waals surface area contributed by atoms with Gasteiger partial charge in [0.15, 0.2) is 0 Å². The summed E-state index contributed by atoms with van der Waals surface area (Å²) in [5, 5.41) is 10.5. The van der Waals surface area contributed by atoms with Crippen molar-refractivity contribution in [3.63, 3.8) is 0 Å². The summed E-state index contributed by atoms with van der Waals surface area (Å²) < 4.78 is 0. The molecule has 2 rings (SSSR count). The van der Waals surface area contributed by atoms with Crippen LogP contribution in [0.2, 0.25) is 0 Å². The first-order chi connectivity index (χ1) is 7.29. The lowest BCUT2D eigenvalue weighted by Gasteiger charge is -2.06. The fourth-order valence-corrected chi connectivity index (χ4v) is 1.63. The molecule has 1 atom stereocenters. The van der Waals surface area contributed by atoms with Crippen LogP contribution >= 0.6 is 24.0 Å². The minimum Gasteiger partial charge on any atom is -0.391 e. The lowest BCUT2D eigenvalue weighted by atomic mass is 10.1. The van der Waals surface area contributed by atoms with Gasteiger partial charge >= 0.3 is 0 Å². The standard InChI is InChI=1S/C12H12ClNO.ClH/c13-8-11(15)7-10-6-5-9-3-1-2-4-12(9)14-10;/h1-6,11,15H,7-8H2;1H. The summed E-state index contributed by atoms with van der Waals surface area (Å²) >= 11 is 5.54. The molecule has 1 aromatic carbocycles. The highest BCUT2D eigenvalue weighted by Crippen LogP contribution is 2.12. The van der Waals surface area contributed by atoms with Crippen molar-refractivity contribution in [1.29, 1.82) is 0 Å². The molecular weight excluding hydrogens is 245 g/mol. The predicted octanol–water partition coefficient (Wildman–Crippen LogP) is 2.80. The van der Waals surface area contributed by atoms with E-state index >= 15 is 0 Å². The van der Waals surface area contributed by atoms with Crippen LogP contribution in [0, 0.1) is 0 Å². The third kappa shape index (κ3) is 3.08. The van der Waals surface area contributed by atoms with E-state index in [-0.39, 0.29) is 18.3 Å². The zero-order valence-electron chi connectivity index (χ0n) is 8.64. The first kappa shape index (κ1) is 13.2. The number of aliphatic hydroxyl groups excluding tert-OH is 1. The molecule has 0 aliphatic heterocycles. The smallest absolute Gasteiger partial charge is 0.0730 e. The molecule has 0 fully saturated rings. The molecule has 0 aliphatic carbocycles. The van der Waals surface area contributed by atoms with Gasteiger partial charge in [0, 0.05) is 23.4 Å². The Hall–Kier alpha value is -0.830. The van der Waals surface area contributed by atoms with Gasteiger partial charge in [-0.1, -0.05) is 24.3 Å². The minimum absolute atomic E-state index is 0. The number of para-hydroxylation sites is 1. The molecule has 16 heavy (non-hydrogen) atoms. The van der Waals surface area contributed by atoms with Crippen molar-refractivity contribution in [3.05, 3.63) is 42.1 Å². The summed E-state index contributed by atoms with van der Waals surface area (Å²) in [7, 11) is 0. The average molecular weight is 258 g/mol. The van der Waals surface area contributed by atoms with Crippen LogP contribution in [0.4, 0.5) is 0 Å². The quantitative estimate of drug-likeness (QED) is 0.859. The van der Waals surface area contributed by atoms with Crippen molar-refractivity contribution in [2.45, 2.75) is 12.5 Å². The Kier molecular flexibility index (Phi) is 5.00. The monoisotopic (exact) mass is 257 g/mol. The number of aromatic nitrogens is 1. The van der Waals surface area contributed by atoms with Crippen molar-refractivity contribution >= 4 is 34.9 Å². The van der Waals surface area contributed by atoms with Crippen LogP contribution < -0.4 is 0 Å². The number of aliphatic hydroxyl groups is 1. The van der Waals surface area contributed by atoms with Crippen molar-refractivity contribution in [2.24, 2.45) is 0 Å². The van der Waals surface area contributed by atoms with Gasteiger partial charge in [0.2, 0.25) is 0 Å². The van der Waals surface area contributed by atoms with E-state index in [0.29, 0.717) is 6.42 Å². The molecule has 0 saturated heterocycles. The number of hydrogen-bond donors (Lipinski definition) is 1. The SMILES string of the molecule is Cl.OC(CCl)Cc1ccc2ccccc2n1. The maximum atomic E-state index is 9.41. The van der Waals surface area contributed by atoms with E-state index in [2.05, 4.69) is 4.98 Å². The van der Waals surface area contributed by atoms with E-state index in [1.807, 2.05) is 36.4 Å². The van der Waals surface area contributed by atoms with Crippen molar-refractivity contribution in [2.75, 3.05) is 5.88 Å². The maximum absolute atomic E-state index is 9.41. The molecular formula is C12H13Cl2NO. The first-order valence-electron chi connectivity index (χ1n) is 4.88. The third-order valence-electron chi connectivity index (χ3n) is 2.28. The highest BCUT2D eigenvalue weighted by molar-refractivity contribution is 6.18. The fraction of sp³-hybridized carbons (Fsp3) is 0.250.